The van der Waals surface area contributed by atoms with Crippen LogP contribution in [0.3, 0.4) is 0 Å². The number of halogens is 2. The summed E-state index contributed by atoms with van der Waals surface area (Å²) in [5.41, 5.74) is 0.490. The zero-order chi connectivity index (χ0) is 14.7. The minimum atomic E-state index is -1.01. The second kappa shape index (κ2) is 5.85. The number of fused-ring (bicyclic) bond motifs is 1. The first-order chi connectivity index (χ1) is 9.49. The number of hydrogen-bond donors (Lipinski definition) is 2. The second-order valence-electron chi connectivity index (χ2n) is 4.53. The highest BCUT2D eigenvalue weighted by Crippen LogP contribution is 2.24. The lowest BCUT2D eigenvalue weighted by Gasteiger charge is -2.29. The van der Waals surface area contributed by atoms with Crippen LogP contribution in [0.15, 0.2) is 12.1 Å². The Morgan fingerprint density at radius 1 is 1.25 bits per heavy atom. The zero-order valence-corrected chi connectivity index (χ0v) is 10.7. The Hall–Kier alpha value is -2.18. The van der Waals surface area contributed by atoms with Crippen LogP contribution in [0.2, 0.25) is 0 Å². The predicted octanol–water partition coefficient (Wildman–Crippen LogP) is 1.51. The topological polar surface area (TPSA) is 69.6 Å². The first kappa shape index (κ1) is 14.2. The second-order valence-corrected chi connectivity index (χ2v) is 4.53. The molecule has 0 saturated heterocycles. The third kappa shape index (κ3) is 3.04. The van der Waals surface area contributed by atoms with Gasteiger partial charge in [-0.05, 0) is 24.1 Å². The summed E-state index contributed by atoms with van der Waals surface area (Å²) in [4.78, 5) is 23.5. The van der Waals surface area contributed by atoms with E-state index >= 15 is 0 Å². The van der Waals surface area contributed by atoms with E-state index in [1.807, 2.05) is 0 Å². The maximum atomic E-state index is 13.6. The molecule has 20 heavy (non-hydrogen) atoms. The van der Waals surface area contributed by atoms with Gasteiger partial charge in [-0.2, -0.15) is 0 Å². The van der Waals surface area contributed by atoms with Gasteiger partial charge in [0, 0.05) is 18.7 Å². The molecule has 7 heteroatoms. The summed E-state index contributed by atoms with van der Waals surface area (Å²) >= 11 is 0. The largest absolute Gasteiger partial charge is 0.481 e. The highest BCUT2D eigenvalue weighted by atomic mass is 19.1. The van der Waals surface area contributed by atoms with Crippen LogP contribution in [-0.4, -0.2) is 35.1 Å². The number of benzene rings is 1. The highest BCUT2D eigenvalue weighted by molar-refractivity contribution is 5.75. The fraction of sp³-hybridized carbons (Fsp3) is 0.385. The van der Waals surface area contributed by atoms with E-state index in [4.69, 9.17) is 5.11 Å². The van der Waals surface area contributed by atoms with Crippen molar-refractivity contribution in [3.63, 3.8) is 0 Å². The molecule has 0 spiro atoms. The first-order valence-corrected chi connectivity index (χ1v) is 6.19. The predicted molar refractivity (Wildman–Crippen MR) is 66.1 cm³/mol. The molecule has 0 saturated carbocycles. The molecule has 0 fully saturated rings. The summed E-state index contributed by atoms with van der Waals surface area (Å²) < 4.78 is 27.2. The van der Waals surface area contributed by atoms with Gasteiger partial charge in [-0.1, -0.05) is 0 Å². The van der Waals surface area contributed by atoms with Crippen LogP contribution >= 0.6 is 0 Å². The number of rotatable bonds is 3. The molecule has 5 nitrogen and oxygen atoms in total. The van der Waals surface area contributed by atoms with E-state index in [0.717, 1.165) is 12.1 Å². The minimum Gasteiger partial charge on any atom is -0.481 e. The number of amides is 2. The third-order valence-electron chi connectivity index (χ3n) is 3.20. The number of nitrogens with zero attached hydrogens (tertiary/aromatic N) is 1. The van der Waals surface area contributed by atoms with E-state index in [0.29, 0.717) is 5.56 Å². The molecule has 1 aromatic carbocycles. The molecule has 0 aromatic heterocycles. The molecule has 2 rings (SSSR count). The van der Waals surface area contributed by atoms with Crippen LogP contribution in [0.4, 0.5) is 13.6 Å². The fourth-order valence-electron chi connectivity index (χ4n) is 2.16. The molecule has 0 unspecified atom stereocenters. The normalized spacial score (nSPS) is 13.8. The maximum absolute atomic E-state index is 13.6. The standard InChI is InChI=1S/C13H14F2N2O3/c14-10-1-2-11(15)9-7-17(6-4-8(9)10)13(20)16-5-3-12(18)19/h1-2H,3-7H2,(H,16,20)(H,18,19). The van der Waals surface area contributed by atoms with Gasteiger partial charge in [0.15, 0.2) is 0 Å². The Labute approximate surface area is 114 Å². The van der Waals surface area contributed by atoms with Gasteiger partial charge in [-0.3, -0.25) is 4.79 Å². The molecule has 0 radical (unpaired) electrons. The van der Waals surface area contributed by atoms with Gasteiger partial charge in [0.05, 0.1) is 13.0 Å². The number of carboxylic acids is 1. The van der Waals surface area contributed by atoms with E-state index in [-0.39, 0.29) is 38.0 Å². The van der Waals surface area contributed by atoms with Gasteiger partial charge in [0.1, 0.15) is 11.6 Å². The molecule has 0 atom stereocenters. The number of carbonyl (C=O) groups excluding carboxylic acids is 1. The van der Waals surface area contributed by atoms with Gasteiger partial charge in [0.25, 0.3) is 0 Å². The maximum Gasteiger partial charge on any atom is 0.317 e. The molecule has 2 N–H and O–H groups in total. The van der Waals surface area contributed by atoms with Crippen molar-refractivity contribution in [1.82, 2.24) is 10.2 Å². The smallest absolute Gasteiger partial charge is 0.317 e. The zero-order valence-electron chi connectivity index (χ0n) is 10.7. The Kier molecular flexibility index (Phi) is 4.16. The summed E-state index contributed by atoms with van der Waals surface area (Å²) in [5, 5.41) is 10.9. The number of nitrogens with one attached hydrogen (secondary N) is 1. The van der Waals surface area contributed by atoms with Crippen LogP contribution in [0.1, 0.15) is 17.5 Å². The Balaban J connectivity index is 2.02. The van der Waals surface area contributed by atoms with Crippen LogP contribution < -0.4 is 5.32 Å². The van der Waals surface area contributed by atoms with Crippen molar-refractivity contribution < 1.29 is 23.5 Å². The van der Waals surface area contributed by atoms with Gasteiger partial charge in [-0.25, -0.2) is 13.6 Å². The molecule has 108 valence electrons. The van der Waals surface area contributed by atoms with Crippen molar-refractivity contribution in [2.45, 2.75) is 19.4 Å². The summed E-state index contributed by atoms with van der Waals surface area (Å²) in [7, 11) is 0. The number of urea groups is 1. The van der Waals surface area contributed by atoms with Crippen molar-refractivity contribution in [3.8, 4) is 0 Å². The van der Waals surface area contributed by atoms with E-state index in [1.54, 1.807) is 0 Å². The summed E-state index contributed by atoms with van der Waals surface area (Å²) in [6.07, 6.45) is 0.0600. The van der Waals surface area contributed by atoms with Crippen LogP contribution in [-0.2, 0) is 17.8 Å². The quantitative estimate of drug-likeness (QED) is 0.884. The van der Waals surface area contributed by atoms with Crippen LogP contribution in [0.25, 0.3) is 0 Å². The summed E-state index contributed by atoms with van der Waals surface area (Å²) in [6.45, 7) is 0.257. The lowest BCUT2D eigenvalue weighted by atomic mass is 9.99. The minimum absolute atomic E-state index is 0.00313. The fourth-order valence-corrected chi connectivity index (χ4v) is 2.16. The van der Waals surface area contributed by atoms with Crippen molar-refractivity contribution in [3.05, 3.63) is 34.9 Å². The van der Waals surface area contributed by atoms with Gasteiger partial charge < -0.3 is 15.3 Å². The average Bonchev–Trinajstić information content (AvgIpc) is 2.42. The average molecular weight is 284 g/mol. The molecular weight excluding hydrogens is 270 g/mol. The van der Waals surface area contributed by atoms with Crippen molar-refractivity contribution in [1.29, 1.82) is 0 Å². The summed E-state index contributed by atoms with van der Waals surface area (Å²) in [6, 6.07) is 1.65. The molecular formula is C13H14F2N2O3. The lowest BCUT2D eigenvalue weighted by molar-refractivity contribution is -0.136. The molecule has 1 heterocycles. The van der Waals surface area contributed by atoms with E-state index in [1.165, 1.54) is 4.90 Å². The van der Waals surface area contributed by atoms with Crippen LogP contribution in [0.5, 0.6) is 0 Å². The molecule has 2 amide bonds. The Morgan fingerprint density at radius 3 is 2.55 bits per heavy atom. The van der Waals surface area contributed by atoms with Gasteiger partial charge >= 0.3 is 12.0 Å². The Bertz CT molecular complexity index is 549. The number of carbonyl (C=O) groups is 2. The monoisotopic (exact) mass is 284 g/mol. The third-order valence-corrected chi connectivity index (χ3v) is 3.20. The lowest BCUT2D eigenvalue weighted by Crippen LogP contribution is -2.43. The Morgan fingerprint density at radius 2 is 1.90 bits per heavy atom. The van der Waals surface area contributed by atoms with Crippen LogP contribution in [0, 0.1) is 11.6 Å². The van der Waals surface area contributed by atoms with Gasteiger partial charge in [0.2, 0.25) is 0 Å². The molecule has 0 aliphatic carbocycles. The van der Waals surface area contributed by atoms with Crippen molar-refractivity contribution >= 4 is 12.0 Å². The van der Waals surface area contributed by atoms with E-state index in [9.17, 15) is 18.4 Å². The molecule has 0 bridgehead atoms. The number of aliphatic carboxylic acids is 1. The summed E-state index contributed by atoms with van der Waals surface area (Å²) in [5.74, 6) is -2.01. The molecule has 1 aromatic rings. The number of hydrogen-bond acceptors (Lipinski definition) is 2. The van der Waals surface area contributed by atoms with Crippen molar-refractivity contribution in [2.24, 2.45) is 0 Å². The van der Waals surface area contributed by atoms with E-state index in [2.05, 4.69) is 5.32 Å². The van der Waals surface area contributed by atoms with E-state index < -0.39 is 23.6 Å². The van der Waals surface area contributed by atoms with Gasteiger partial charge in [-0.15, -0.1) is 0 Å². The highest BCUT2D eigenvalue weighted by Gasteiger charge is 2.25. The van der Waals surface area contributed by atoms with Crippen molar-refractivity contribution in [2.75, 3.05) is 13.1 Å². The first-order valence-electron chi connectivity index (χ1n) is 6.19. The molecule has 1 aliphatic heterocycles. The number of carboxylic acid groups (broad SMARTS) is 1. The molecule has 1 aliphatic rings. The SMILES string of the molecule is O=C(O)CCNC(=O)N1CCc2c(F)ccc(F)c2C1.